The van der Waals surface area contributed by atoms with Crippen LogP contribution in [0.4, 0.5) is 0 Å². The predicted octanol–water partition coefficient (Wildman–Crippen LogP) is 1.66. The lowest BCUT2D eigenvalue weighted by Crippen LogP contribution is -2.42. The van der Waals surface area contributed by atoms with Crippen LogP contribution in [0.5, 0.6) is 0 Å². The number of methoxy groups -OCH3 is 2. The Bertz CT molecular complexity index is 815. The van der Waals surface area contributed by atoms with Crippen molar-refractivity contribution in [3.05, 3.63) is 28.3 Å². The van der Waals surface area contributed by atoms with Gasteiger partial charge in [0.1, 0.15) is 24.2 Å². The van der Waals surface area contributed by atoms with E-state index in [1.807, 2.05) is 0 Å². The van der Waals surface area contributed by atoms with E-state index in [2.05, 4.69) is 10.1 Å². The largest absolute Gasteiger partial charge is 0.468 e. The molecular weight excluding hydrogens is 356 g/mol. The van der Waals surface area contributed by atoms with E-state index in [1.165, 1.54) is 14.2 Å². The second kappa shape index (κ2) is 8.15. The minimum absolute atomic E-state index is 0.0257. The van der Waals surface area contributed by atoms with Crippen molar-refractivity contribution in [3.8, 4) is 0 Å². The molecule has 2 heterocycles. The number of rotatable bonds is 5. The summed E-state index contributed by atoms with van der Waals surface area (Å²) >= 11 is 0. The van der Waals surface area contributed by atoms with Gasteiger partial charge in [-0.3, -0.25) is 14.6 Å². The smallest absolute Gasteiger partial charge is 0.336 e. The van der Waals surface area contributed by atoms with Crippen LogP contribution >= 0.6 is 0 Å². The zero-order valence-electron chi connectivity index (χ0n) is 16.1. The summed E-state index contributed by atoms with van der Waals surface area (Å²) in [5, 5.41) is 3.80. The van der Waals surface area contributed by atoms with Crippen LogP contribution < -0.4 is 0 Å². The predicted molar refractivity (Wildman–Crippen MR) is 92.6 cm³/mol. The topological polar surface area (TPSA) is 117 Å². The van der Waals surface area contributed by atoms with E-state index in [1.54, 1.807) is 27.7 Å². The average molecular weight is 378 g/mol. The Labute approximate surface area is 156 Å². The van der Waals surface area contributed by atoms with E-state index >= 15 is 0 Å². The lowest BCUT2D eigenvalue weighted by molar-refractivity contribution is -0.157. The Morgan fingerprint density at radius 2 is 1.67 bits per heavy atom. The molecule has 2 atom stereocenters. The third kappa shape index (κ3) is 3.91. The van der Waals surface area contributed by atoms with Crippen molar-refractivity contribution in [1.29, 1.82) is 0 Å². The molecule has 1 unspecified atom stereocenters. The third-order valence-electron chi connectivity index (χ3n) is 4.48. The normalized spacial score (nSPS) is 19.4. The minimum Gasteiger partial charge on any atom is -0.468 e. The Hall–Kier alpha value is -2.97. The third-order valence-corrected chi connectivity index (χ3v) is 4.48. The van der Waals surface area contributed by atoms with Crippen LogP contribution in [0.25, 0.3) is 0 Å². The van der Waals surface area contributed by atoms with Gasteiger partial charge in [0, 0.05) is 11.4 Å². The fourth-order valence-corrected chi connectivity index (χ4v) is 3.04. The average Bonchev–Trinajstić information content (AvgIpc) is 2.95. The van der Waals surface area contributed by atoms with Gasteiger partial charge in [0.15, 0.2) is 0 Å². The molecule has 0 amide bonds. The molecule has 0 spiro atoms. The summed E-state index contributed by atoms with van der Waals surface area (Å²) in [5.41, 5.74) is 1.83. The molecule has 0 saturated heterocycles. The molecule has 0 aliphatic carbocycles. The van der Waals surface area contributed by atoms with Gasteiger partial charge in [-0.15, -0.1) is 0 Å². The molecule has 1 aliphatic rings. The molecule has 27 heavy (non-hydrogen) atoms. The molecule has 9 nitrogen and oxygen atoms in total. The summed E-state index contributed by atoms with van der Waals surface area (Å²) in [6, 6.07) is 0. The number of aromatic nitrogens is 1. The van der Waals surface area contributed by atoms with E-state index in [0.717, 1.165) is 0 Å². The lowest BCUT2D eigenvalue weighted by Gasteiger charge is -2.29. The summed E-state index contributed by atoms with van der Waals surface area (Å²) in [7, 11) is 2.39. The Morgan fingerprint density at radius 3 is 2.19 bits per heavy atom. The van der Waals surface area contributed by atoms with Gasteiger partial charge < -0.3 is 18.7 Å². The molecule has 0 radical (unpaired) electrons. The molecule has 0 fully saturated rings. The van der Waals surface area contributed by atoms with Crippen LogP contribution in [0.15, 0.2) is 20.8 Å². The van der Waals surface area contributed by atoms with Gasteiger partial charge in [0.05, 0.1) is 31.1 Å². The number of carbonyl (C=O) groups is 3. The minimum atomic E-state index is -1.22. The number of ether oxygens (including phenoxy) is 3. The summed E-state index contributed by atoms with van der Waals surface area (Å²) in [4.78, 5) is 41.7. The zero-order valence-corrected chi connectivity index (χ0v) is 16.1. The van der Waals surface area contributed by atoms with Gasteiger partial charge >= 0.3 is 17.9 Å². The van der Waals surface area contributed by atoms with E-state index in [9.17, 15) is 14.4 Å². The number of aliphatic imine (C=N–C) groups is 1. The fraction of sp³-hybridized carbons (Fsp3) is 0.500. The highest BCUT2D eigenvalue weighted by Crippen LogP contribution is 2.33. The Kier molecular flexibility index (Phi) is 6.14. The second-order valence-electron chi connectivity index (χ2n) is 6.13. The number of aryl methyl sites for hydroxylation is 2. The zero-order chi connectivity index (χ0) is 20.3. The molecule has 2 rings (SSSR count). The molecule has 0 N–H and O–H groups in total. The Morgan fingerprint density at radius 1 is 1.00 bits per heavy atom. The summed E-state index contributed by atoms with van der Waals surface area (Å²) in [5.74, 6) is -3.99. The highest BCUT2D eigenvalue weighted by Gasteiger charge is 2.46. The van der Waals surface area contributed by atoms with E-state index in [0.29, 0.717) is 28.4 Å². The van der Waals surface area contributed by atoms with Crippen LogP contribution in [-0.2, 0) is 35.2 Å². The van der Waals surface area contributed by atoms with Crippen LogP contribution in [-0.4, -0.2) is 43.0 Å². The van der Waals surface area contributed by atoms with E-state index in [4.69, 9.17) is 18.7 Å². The van der Waals surface area contributed by atoms with Gasteiger partial charge in [-0.1, -0.05) is 5.16 Å². The quantitative estimate of drug-likeness (QED) is 0.561. The molecule has 1 aliphatic heterocycles. The van der Waals surface area contributed by atoms with Crippen LogP contribution in [0.2, 0.25) is 0 Å². The SMILES string of the molecule is COC(=O)C1=C(C)N=C(C)C(C(=O)OC)[C@H]1C(=O)OCc1c(C)noc1C. The first-order chi connectivity index (χ1) is 12.7. The molecular formula is C18H22N2O7. The maximum atomic E-state index is 12.9. The van der Waals surface area contributed by atoms with Crippen LogP contribution in [0, 0.1) is 25.7 Å². The lowest BCUT2D eigenvalue weighted by atomic mass is 9.80. The van der Waals surface area contributed by atoms with Crippen molar-refractivity contribution in [2.45, 2.75) is 34.3 Å². The van der Waals surface area contributed by atoms with E-state index in [-0.39, 0.29) is 12.2 Å². The van der Waals surface area contributed by atoms with Gasteiger partial charge in [0.25, 0.3) is 0 Å². The fourth-order valence-electron chi connectivity index (χ4n) is 3.04. The first-order valence-electron chi connectivity index (χ1n) is 8.23. The van der Waals surface area contributed by atoms with Crippen molar-refractivity contribution in [2.24, 2.45) is 16.8 Å². The van der Waals surface area contributed by atoms with Gasteiger partial charge in [-0.25, -0.2) is 4.79 Å². The standard InChI is InChI=1S/C18H22N2O7/c1-8-12(11(4)27-20-8)7-26-18(23)15-13(16(21)24-5)9(2)19-10(3)14(15)17(22)25-6/h13,15H,7H2,1-6H3/t13?,15-/m1/s1. The van der Waals surface area contributed by atoms with Crippen LogP contribution in [0.3, 0.4) is 0 Å². The number of esters is 3. The van der Waals surface area contributed by atoms with Crippen LogP contribution in [0.1, 0.15) is 30.9 Å². The highest BCUT2D eigenvalue weighted by molar-refractivity contribution is 6.10. The maximum Gasteiger partial charge on any atom is 0.336 e. The van der Waals surface area contributed by atoms with Crippen molar-refractivity contribution in [1.82, 2.24) is 5.16 Å². The number of hydrogen-bond donors (Lipinski definition) is 0. The first kappa shape index (κ1) is 20.3. The molecule has 0 saturated carbocycles. The molecule has 1 aromatic rings. The second-order valence-corrected chi connectivity index (χ2v) is 6.13. The highest BCUT2D eigenvalue weighted by atomic mass is 16.5. The van der Waals surface area contributed by atoms with Crippen molar-refractivity contribution in [2.75, 3.05) is 14.2 Å². The molecule has 1 aromatic heterocycles. The molecule has 0 aromatic carbocycles. The van der Waals surface area contributed by atoms with Gasteiger partial charge in [-0.05, 0) is 27.7 Å². The van der Waals surface area contributed by atoms with Gasteiger partial charge in [-0.2, -0.15) is 0 Å². The van der Waals surface area contributed by atoms with Crippen molar-refractivity contribution in [3.63, 3.8) is 0 Å². The molecule has 9 heteroatoms. The monoisotopic (exact) mass is 378 g/mol. The molecule has 146 valence electrons. The van der Waals surface area contributed by atoms with Crippen molar-refractivity contribution >= 4 is 23.6 Å². The molecule has 0 bridgehead atoms. The van der Waals surface area contributed by atoms with Gasteiger partial charge in [0.2, 0.25) is 0 Å². The summed E-state index contributed by atoms with van der Waals surface area (Å²) < 4.78 is 20.0. The first-order valence-corrected chi connectivity index (χ1v) is 8.23. The number of carbonyl (C=O) groups excluding carboxylic acids is 3. The van der Waals surface area contributed by atoms with Crippen molar-refractivity contribution < 1.29 is 33.1 Å². The van der Waals surface area contributed by atoms with E-state index < -0.39 is 29.7 Å². The maximum absolute atomic E-state index is 12.9. The number of hydrogen-bond acceptors (Lipinski definition) is 9. The number of nitrogens with zero attached hydrogens (tertiary/aromatic N) is 2. The summed E-state index contributed by atoms with van der Waals surface area (Å²) in [6.07, 6.45) is 0. The number of allylic oxidation sites excluding steroid dienone is 1. The summed E-state index contributed by atoms with van der Waals surface area (Å²) in [6.45, 7) is 6.47. The Balaban J connectivity index is 2.39.